The average Bonchev–Trinajstić information content (AvgIpc) is 2.86. The molecule has 1 atom stereocenters. The largest absolute Gasteiger partial charge is 0.336 e. The number of pyridine rings is 1. The monoisotopic (exact) mass is 461 g/mol. The fraction of sp³-hybridized carbons (Fsp3) is 0.423. The lowest BCUT2D eigenvalue weighted by Crippen LogP contribution is -2.44. The molecule has 1 aliphatic rings. The number of nitrogens with one attached hydrogen (secondary N) is 1. The van der Waals surface area contributed by atoms with E-state index in [4.69, 9.17) is 0 Å². The molecule has 3 aromatic rings. The number of likely N-dealkylation sites (tertiary alicyclic amines) is 1. The highest BCUT2D eigenvalue weighted by molar-refractivity contribution is 6.05. The van der Waals surface area contributed by atoms with Gasteiger partial charge in [0.25, 0.3) is 11.5 Å². The predicted octanol–water partition coefficient (Wildman–Crippen LogP) is 3.78. The van der Waals surface area contributed by atoms with Crippen LogP contribution in [0.25, 0.3) is 10.8 Å². The average molecular weight is 462 g/mol. The van der Waals surface area contributed by atoms with Crippen LogP contribution in [0.1, 0.15) is 55.1 Å². The lowest BCUT2D eigenvalue weighted by molar-refractivity contribution is -0.121. The van der Waals surface area contributed by atoms with Gasteiger partial charge in [-0.05, 0) is 43.9 Å². The number of amides is 2. The number of fused-ring (bicyclic) bond motifs is 1. The van der Waals surface area contributed by atoms with E-state index >= 15 is 0 Å². The fourth-order valence-corrected chi connectivity index (χ4v) is 4.35. The van der Waals surface area contributed by atoms with Crippen molar-refractivity contribution in [3.63, 3.8) is 0 Å². The van der Waals surface area contributed by atoms with Crippen LogP contribution in [-0.2, 0) is 11.3 Å². The summed E-state index contributed by atoms with van der Waals surface area (Å²) in [6, 6.07) is 10.8. The number of aryl methyl sites for hydroxylation is 2. The van der Waals surface area contributed by atoms with E-state index in [1.165, 1.54) is 4.68 Å². The molecule has 8 nitrogen and oxygen atoms in total. The second-order valence-electron chi connectivity index (χ2n) is 8.93. The first-order valence-corrected chi connectivity index (χ1v) is 12.0. The number of hydrogen-bond acceptors (Lipinski definition) is 5. The number of carbonyl (C=O) groups is 2. The minimum atomic E-state index is -0.331. The molecule has 1 aromatic carbocycles. The Hall–Kier alpha value is -3.55. The van der Waals surface area contributed by atoms with Crippen LogP contribution in [0.4, 0.5) is 5.82 Å². The number of piperidine rings is 1. The van der Waals surface area contributed by atoms with Gasteiger partial charge in [-0.15, -0.1) is 0 Å². The van der Waals surface area contributed by atoms with Crippen molar-refractivity contribution in [1.29, 1.82) is 0 Å². The van der Waals surface area contributed by atoms with E-state index in [1.54, 1.807) is 35.4 Å². The summed E-state index contributed by atoms with van der Waals surface area (Å²) in [6.45, 7) is 5.38. The Morgan fingerprint density at radius 2 is 1.91 bits per heavy atom. The maximum Gasteiger partial charge on any atom is 0.274 e. The normalized spacial score (nSPS) is 15.9. The zero-order chi connectivity index (χ0) is 24.1. The molecule has 0 saturated carbocycles. The predicted molar refractivity (Wildman–Crippen MR) is 132 cm³/mol. The summed E-state index contributed by atoms with van der Waals surface area (Å²) in [4.78, 5) is 45.3. The molecule has 4 rings (SSSR count). The van der Waals surface area contributed by atoms with E-state index < -0.39 is 0 Å². The molecular weight excluding hydrogens is 430 g/mol. The van der Waals surface area contributed by atoms with Crippen molar-refractivity contribution in [1.82, 2.24) is 19.7 Å². The van der Waals surface area contributed by atoms with E-state index in [2.05, 4.69) is 22.3 Å². The van der Waals surface area contributed by atoms with Crippen LogP contribution in [0.2, 0.25) is 0 Å². The molecule has 0 unspecified atom stereocenters. The molecule has 34 heavy (non-hydrogen) atoms. The SMILES string of the molecule is CCCCCn1nc(C(=O)N2CCC[C@H](C(=O)Nc3ccc(C)cn3)C2)c2ccccc2c1=O. The smallest absolute Gasteiger partial charge is 0.274 e. The van der Waals surface area contributed by atoms with Gasteiger partial charge in [0.15, 0.2) is 5.69 Å². The molecule has 1 fully saturated rings. The highest BCUT2D eigenvalue weighted by atomic mass is 16.2. The molecule has 1 saturated heterocycles. The molecule has 3 heterocycles. The number of nitrogens with zero attached hydrogens (tertiary/aromatic N) is 4. The van der Waals surface area contributed by atoms with Crippen molar-refractivity contribution in [2.75, 3.05) is 18.4 Å². The zero-order valence-electron chi connectivity index (χ0n) is 19.8. The molecule has 178 valence electrons. The molecule has 0 aliphatic carbocycles. The van der Waals surface area contributed by atoms with Crippen LogP contribution in [0, 0.1) is 12.8 Å². The van der Waals surface area contributed by atoms with Gasteiger partial charge in [0.2, 0.25) is 5.91 Å². The van der Waals surface area contributed by atoms with E-state index in [0.29, 0.717) is 42.6 Å². The molecule has 0 bridgehead atoms. The van der Waals surface area contributed by atoms with E-state index in [9.17, 15) is 14.4 Å². The van der Waals surface area contributed by atoms with Crippen LogP contribution < -0.4 is 10.9 Å². The Labute approximate surface area is 199 Å². The van der Waals surface area contributed by atoms with E-state index in [0.717, 1.165) is 31.2 Å². The minimum Gasteiger partial charge on any atom is -0.336 e. The minimum absolute atomic E-state index is 0.142. The summed E-state index contributed by atoms with van der Waals surface area (Å²) in [5.41, 5.74) is 1.11. The van der Waals surface area contributed by atoms with Gasteiger partial charge in [-0.2, -0.15) is 5.10 Å². The maximum atomic E-state index is 13.6. The van der Waals surface area contributed by atoms with Gasteiger partial charge in [-0.25, -0.2) is 9.67 Å². The quantitative estimate of drug-likeness (QED) is 0.540. The van der Waals surface area contributed by atoms with Crippen molar-refractivity contribution < 1.29 is 9.59 Å². The van der Waals surface area contributed by atoms with Crippen LogP contribution in [0.15, 0.2) is 47.4 Å². The molecular formula is C26H31N5O3. The number of carbonyl (C=O) groups excluding carboxylic acids is 2. The van der Waals surface area contributed by atoms with Gasteiger partial charge in [0.05, 0.1) is 11.3 Å². The van der Waals surface area contributed by atoms with Crippen LogP contribution >= 0.6 is 0 Å². The fourth-order valence-electron chi connectivity index (χ4n) is 4.35. The Morgan fingerprint density at radius 1 is 1.12 bits per heavy atom. The number of rotatable bonds is 7. The number of unbranched alkanes of at least 4 members (excludes halogenated alkanes) is 2. The summed E-state index contributed by atoms with van der Waals surface area (Å²) in [5, 5.41) is 8.41. The first-order chi connectivity index (χ1) is 16.5. The number of aromatic nitrogens is 3. The molecule has 1 N–H and O–H groups in total. The van der Waals surface area contributed by atoms with Crippen molar-refractivity contribution >= 4 is 28.4 Å². The third kappa shape index (κ3) is 5.16. The molecule has 8 heteroatoms. The van der Waals surface area contributed by atoms with Gasteiger partial charge in [0, 0.05) is 31.2 Å². The van der Waals surface area contributed by atoms with Crippen molar-refractivity contribution in [3.8, 4) is 0 Å². The van der Waals surface area contributed by atoms with Gasteiger partial charge < -0.3 is 10.2 Å². The molecule has 2 aromatic heterocycles. The lowest BCUT2D eigenvalue weighted by atomic mass is 9.96. The standard InChI is InChI=1S/C26H31N5O3/c1-3-4-7-15-31-25(33)21-11-6-5-10-20(21)23(29-31)26(34)30-14-8-9-19(17-30)24(32)28-22-13-12-18(2)16-27-22/h5-6,10-13,16,19H,3-4,7-9,14-15,17H2,1-2H3,(H,27,28,32)/t19-/m0/s1. The van der Waals surface area contributed by atoms with Crippen molar-refractivity contribution in [2.24, 2.45) is 5.92 Å². The summed E-state index contributed by atoms with van der Waals surface area (Å²) in [7, 11) is 0. The van der Waals surface area contributed by atoms with E-state index in [-0.39, 0.29) is 29.0 Å². The van der Waals surface area contributed by atoms with Crippen molar-refractivity contribution in [2.45, 2.75) is 52.5 Å². The first-order valence-electron chi connectivity index (χ1n) is 12.0. The second kappa shape index (κ2) is 10.6. The Kier molecular flexibility index (Phi) is 7.35. The molecule has 2 amide bonds. The van der Waals surface area contributed by atoms with Crippen LogP contribution in [-0.4, -0.2) is 44.6 Å². The van der Waals surface area contributed by atoms with Crippen LogP contribution in [0.5, 0.6) is 0 Å². The highest BCUT2D eigenvalue weighted by Gasteiger charge is 2.31. The topological polar surface area (TPSA) is 97.2 Å². The summed E-state index contributed by atoms with van der Waals surface area (Å²) in [5.74, 6) is -0.212. The van der Waals surface area contributed by atoms with Gasteiger partial charge in [-0.3, -0.25) is 14.4 Å². The Morgan fingerprint density at radius 3 is 2.65 bits per heavy atom. The van der Waals surface area contributed by atoms with Gasteiger partial charge in [-0.1, -0.05) is 44.0 Å². The third-order valence-electron chi connectivity index (χ3n) is 6.29. The number of benzene rings is 1. The zero-order valence-corrected chi connectivity index (χ0v) is 19.8. The Balaban J connectivity index is 1.56. The third-order valence-corrected chi connectivity index (χ3v) is 6.29. The second-order valence-corrected chi connectivity index (χ2v) is 8.93. The van der Waals surface area contributed by atoms with E-state index in [1.807, 2.05) is 19.1 Å². The maximum absolute atomic E-state index is 13.6. The summed E-state index contributed by atoms with van der Waals surface area (Å²) >= 11 is 0. The van der Waals surface area contributed by atoms with Crippen LogP contribution in [0.3, 0.4) is 0 Å². The molecule has 1 aliphatic heterocycles. The Bertz CT molecular complexity index is 1240. The molecule has 0 spiro atoms. The summed E-state index contributed by atoms with van der Waals surface area (Å²) in [6.07, 6.45) is 5.98. The number of anilines is 1. The lowest BCUT2D eigenvalue weighted by Gasteiger charge is -2.32. The highest BCUT2D eigenvalue weighted by Crippen LogP contribution is 2.22. The molecule has 0 radical (unpaired) electrons. The van der Waals surface area contributed by atoms with Gasteiger partial charge in [0.1, 0.15) is 5.82 Å². The first kappa shape index (κ1) is 23.6. The van der Waals surface area contributed by atoms with Gasteiger partial charge >= 0.3 is 0 Å². The summed E-state index contributed by atoms with van der Waals surface area (Å²) < 4.78 is 1.42. The van der Waals surface area contributed by atoms with Crippen molar-refractivity contribution in [3.05, 3.63) is 64.2 Å². The number of hydrogen-bond donors (Lipinski definition) is 1.